The molecule has 30 heavy (non-hydrogen) atoms. The standard InChI is InChI=1S/C20H22ClF3N2O3S/c1-13(2)14(3)25-19(27)12-26(30(28,29)16-7-5-4-6-8-16)15-9-10-18(21)17(11-15)20(22,23)24/h4-11,13-14H,12H2,1-3H3,(H,25,27). The maximum absolute atomic E-state index is 13.3. The molecule has 0 fully saturated rings. The van der Waals surface area contributed by atoms with E-state index in [0.717, 1.165) is 12.1 Å². The van der Waals surface area contributed by atoms with Gasteiger partial charge < -0.3 is 5.32 Å². The highest BCUT2D eigenvalue weighted by Crippen LogP contribution is 2.37. The number of rotatable bonds is 7. The number of anilines is 1. The summed E-state index contributed by atoms with van der Waals surface area (Å²) >= 11 is 5.66. The molecule has 0 heterocycles. The number of nitrogens with one attached hydrogen (secondary N) is 1. The zero-order valence-electron chi connectivity index (χ0n) is 16.6. The molecule has 0 saturated heterocycles. The van der Waals surface area contributed by atoms with E-state index in [1.54, 1.807) is 13.0 Å². The summed E-state index contributed by atoms with van der Waals surface area (Å²) in [6, 6.07) is 9.64. The van der Waals surface area contributed by atoms with Gasteiger partial charge in [0.2, 0.25) is 5.91 Å². The number of amides is 1. The van der Waals surface area contributed by atoms with E-state index in [1.165, 1.54) is 24.3 Å². The molecule has 2 aromatic rings. The molecule has 0 spiro atoms. The van der Waals surface area contributed by atoms with Crippen molar-refractivity contribution in [3.63, 3.8) is 0 Å². The van der Waals surface area contributed by atoms with Gasteiger partial charge in [0.05, 0.1) is 21.2 Å². The summed E-state index contributed by atoms with van der Waals surface area (Å²) in [4.78, 5) is 12.3. The van der Waals surface area contributed by atoms with Gasteiger partial charge in [-0.25, -0.2) is 8.42 Å². The van der Waals surface area contributed by atoms with Gasteiger partial charge >= 0.3 is 6.18 Å². The minimum absolute atomic E-state index is 0.0838. The summed E-state index contributed by atoms with van der Waals surface area (Å²) in [6.07, 6.45) is -4.79. The van der Waals surface area contributed by atoms with E-state index in [0.29, 0.717) is 10.4 Å². The second-order valence-corrected chi connectivity index (χ2v) is 9.36. The highest BCUT2D eigenvalue weighted by Gasteiger charge is 2.35. The van der Waals surface area contributed by atoms with E-state index in [-0.39, 0.29) is 22.5 Å². The zero-order chi connectivity index (χ0) is 22.7. The summed E-state index contributed by atoms with van der Waals surface area (Å²) in [7, 11) is -4.32. The van der Waals surface area contributed by atoms with Crippen LogP contribution in [0.1, 0.15) is 26.3 Å². The predicted molar refractivity (Wildman–Crippen MR) is 110 cm³/mol. The van der Waals surface area contributed by atoms with Crippen LogP contribution in [0.25, 0.3) is 0 Å². The Hall–Kier alpha value is -2.26. The lowest BCUT2D eigenvalue weighted by Crippen LogP contribution is -2.45. The first-order valence-corrected chi connectivity index (χ1v) is 10.9. The normalized spacial score (nSPS) is 13.2. The average Bonchev–Trinajstić information content (AvgIpc) is 2.66. The Morgan fingerprint density at radius 2 is 1.70 bits per heavy atom. The number of nitrogens with zero attached hydrogens (tertiary/aromatic N) is 1. The summed E-state index contributed by atoms with van der Waals surface area (Å²) in [5.41, 5.74) is -1.51. The second kappa shape index (κ2) is 9.26. The molecule has 0 aromatic heterocycles. The van der Waals surface area contributed by atoms with Crippen LogP contribution in [0, 0.1) is 5.92 Å². The maximum atomic E-state index is 13.3. The Labute approximate surface area is 178 Å². The summed E-state index contributed by atoms with van der Waals surface area (Å²) in [6.45, 7) is 4.81. The van der Waals surface area contributed by atoms with Gasteiger partial charge in [-0.2, -0.15) is 13.2 Å². The van der Waals surface area contributed by atoms with Gasteiger partial charge in [-0.15, -0.1) is 0 Å². The molecule has 10 heteroatoms. The number of hydrogen-bond donors (Lipinski definition) is 1. The number of benzene rings is 2. The fraction of sp³-hybridized carbons (Fsp3) is 0.350. The topological polar surface area (TPSA) is 66.5 Å². The van der Waals surface area contributed by atoms with Gasteiger partial charge in [-0.05, 0) is 43.2 Å². The molecule has 0 saturated carbocycles. The molecule has 164 valence electrons. The lowest BCUT2D eigenvalue weighted by Gasteiger charge is -2.26. The van der Waals surface area contributed by atoms with Crippen molar-refractivity contribution in [1.29, 1.82) is 0 Å². The Morgan fingerprint density at radius 3 is 2.23 bits per heavy atom. The van der Waals surface area contributed by atoms with E-state index >= 15 is 0 Å². The van der Waals surface area contributed by atoms with Gasteiger partial charge in [0.15, 0.2) is 0 Å². The van der Waals surface area contributed by atoms with Crippen LogP contribution in [0.4, 0.5) is 18.9 Å². The van der Waals surface area contributed by atoms with Crippen molar-refractivity contribution in [3.8, 4) is 0 Å². The van der Waals surface area contributed by atoms with Crippen molar-refractivity contribution in [3.05, 3.63) is 59.1 Å². The summed E-state index contributed by atoms with van der Waals surface area (Å²) < 4.78 is 66.9. The van der Waals surface area contributed by atoms with Crippen LogP contribution in [0.2, 0.25) is 5.02 Å². The highest BCUT2D eigenvalue weighted by atomic mass is 35.5. The molecule has 1 unspecified atom stereocenters. The fourth-order valence-corrected chi connectivity index (χ4v) is 4.18. The minimum Gasteiger partial charge on any atom is -0.352 e. The van der Waals surface area contributed by atoms with E-state index in [2.05, 4.69) is 5.32 Å². The van der Waals surface area contributed by atoms with Crippen LogP contribution >= 0.6 is 11.6 Å². The number of carbonyl (C=O) groups excluding carboxylic acids is 1. The quantitative estimate of drug-likeness (QED) is 0.647. The molecule has 1 N–H and O–H groups in total. The van der Waals surface area contributed by atoms with Crippen molar-refractivity contribution >= 4 is 33.2 Å². The molecular weight excluding hydrogens is 441 g/mol. The van der Waals surface area contributed by atoms with Gasteiger partial charge in [0.25, 0.3) is 10.0 Å². The molecule has 0 aliphatic carbocycles. The molecule has 5 nitrogen and oxygen atoms in total. The van der Waals surface area contributed by atoms with Crippen molar-refractivity contribution < 1.29 is 26.4 Å². The Bertz CT molecular complexity index is 996. The monoisotopic (exact) mass is 462 g/mol. The molecule has 0 aliphatic rings. The third-order valence-electron chi connectivity index (χ3n) is 4.55. The first kappa shape index (κ1) is 24.0. The van der Waals surface area contributed by atoms with E-state index in [9.17, 15) is 26.4 Å². The maximum Gasteiger partial charge on any atom is 0.417 e. The van der Waals surface area contributed by atoms with Crippen LogP contribution < -0.4 is 9.62 Å². The summed E-state index contributed by atoms with van der Waals surface area (Å²) in [5, 5.41) is 2.10. The number of hydrogen-bond acceptors (Lipinski definition) is 3. The number of sulfonamides is 1. The molecule has 2 rings (SSSR count). The van der Waals surface area contributed by atoms with Crippen LogP contribution in [0.3, 0.4) is 0 Å². The predicted octanol–water partition coefficient (Wildman–Crippen LogP) is 4.71. The second-order valence-electron chi connectivity index (χ2n) is 7.09. The first-order valence-electron chi connectivity index (χ1n) is 9.08. The third kappa shape index (κ3) is 5.66. The van der Waals surface area contributed by atoms with Crippen LogP contribution in [0.15, 0.2) is 53.4 Å². The van der Waals surface area contributed by atoms with Crippen molar-refractivity contribution in [2.45, 2.75) is 37.9 Å². The van der Waals surface area contributed by atoms with Gasteiger partial charge in [0, 0.05) is 6.04 Å². The molecule has 0 bridgehead atoms. The van der Waals surface area contributed by atoms with Crippen LogP contribution in [-0.2, 0) is 21.0 Å². The number of alkyl halides is 3. The van der Waals surface area contributed by atoms with E-state index in [4.69, 9.17) is 11.6 Å². The van der Waals surface area contributed by atoms with Crippen molar-refractivity contribution in [2.75, 3.05) is 10.8 Å². The third-order valence-corrected chi connectivity index (χ3v) is 6.67. The lowest BCUT2D eigenvalue weighted by atomic mass is 10.1. The first-order chi connectivity index (χ1) is 13.8. The molecule has 1 amide bonds. The van der Waals surface area contributed by atoms with Gasteiger partial charge in [-0.3, -0.25) is 9.10 Å². The van der Waals surface area contributed by atoms with Gasteiger partial charge in [0.1, 0.15) is 6.54 Å². The molecule has 1 atom stereocenters. The van der Waals surface area contributed by atoms with Crippen LogP contribution in [-0.4, -0.2) is 26.9 Å². The number of carbonyl (C=O) groups is 1. The molecule has 2 aromatic carbocycles. The Kier molecular flexibility index (Phi) is 7.41. The lowest BCUT2D eigenvalue weighted by molar-refractivity contribution is -0.137. The van der Waals surface area contributed by atoms with Crippen molar-refractivity contribution in [2.24, 2.45) is 5.92 Å². The SMILES string of the molecule is CC(C)C(C)NC(=O)CN(c1ccc(Cl)c(C(F)(F)F)c1)S(=O)(=O)c1ccccc1. The Morgan fingerprint density at radius 1 is 1.10 bits per heavy atom. The molecule has 0 radical (unpaired) electrons. The van der Waals surface area contributed by atoms with Gasteiger partial charge in [-0.1, -0.05) is 43.6 Å². The largest absolute Gasteiger partial charge is 0.417 e. The van der Waals surface area contributed by atoms with Crippen molar-refractivity contribution in [1.82, 2.24) is 5.32 Å². The van der Waals surface area contributed by atoms with Crippen LogP contribution in [0.5, 0.6) is 0 Å². The minimum atomic E-state index is -4.79. The average molecular weight is 463 g/mol. The fourth-order valence-electron chi connectivity index (χ4n) is 2.52. The van der Waals surface area contributed by atoms with E-state index in [1.807, 2.05) is 13.8 Å². The van der Waals surface area contributed by atoms with E-state index < -0.39 is 39.2 Å². The molecular formula is C20H22ClF3N2O3S. The number of halogens is 4. The highest BCUT2D eigenvalue weighted by molar-refractivity contribution is 7.92. The zero-order valence-corrected chi connectivity index (χ0v) is 18.1. The smallest absolute Gasteiger partial charge is 0.352 e. The molecule has 0 aliphatic heterocycles. The summed E-state index contributed by atoms with van der Waals surface area (Å²) in [5.74, 6) is -0.556. The Balaban J connectivity index is 2.54.